The fraction of sp³-hybridized carbons (Fsp3) is 0.321. The summed E-state index contributed by atoms with van der Waals surface area (Å²) in [4.78, 5) is 14.6. The molecule has 1 aliphatic rings. The fourth-order valence-corrected chi connectivity index (χ4v) is 14.1. The molecule has 0 aromatic heterocycles. The predicted molar refractivity (Wildman–Crippen MR) is 145 cm³/mol. The van der Waals surface area contributed by atoms with Crippen molar-refractivity contribution in [2.24, 2.45) is 0 Å². The average Bonchev–Trinajstić information content (AvgIpc) is 2.84. The van der Waals surface area contributed by atoms with Crippen molar-refractivity contribution in [1.29, 1.82) is 0 Å². The molecule has 1 saturated heterocycles. The summed E-state index contributed by atoms with van der Waals surface area (Å²) < 4.78 is 5.66. The molecule has 0 aliphatic carbocycles. The summed E-state index contributed by atoms with van der Waals surface area (Å²) in [6.45, 7) is 7.14. The van der Waals surface area contributed by atoms with E-state index in [1.54, 1.807) is 0 Å². The molecule has 33 heavy (non-hydrogen) atoms. The van der Waals surface area contributed by atoms with Crippen LogP contribution in [-0.4, -0.2) is 35.3 Å². The number of carbonyl (C=O) groups excluding carboxylic acids is 1. The monoisotopic (exact) mass is 525 g/mol. The predicted octanol–water partition coefficient (Wildman–Crippen LogP) is 6.23. The zero-order chi connectivity index (χ0) is 23.6. The zero-order valence-corrected chi connectivity index (χ0v) is 22.1. The van der Waals surface area contributed by atoms with Gasteiger partial charge in [0.15, 0.2) is 0 Å². The molecule has 3 aromatic rings. The van der Waals surface area contributed by atoms with Gasteiger partial charge >= 0.3 is 206 Å². The minimum atomic E-state index is -3.02. The third-order valence-corrected chi connectivity index (χ3v) is 17.8. The summed E-state index contributed by atoms with van der Waals surface area (Å²) >= 11 is 4.58. The Bertz CT molecular complexity index is 976. The third-order valence-electron chi connectivity index (χ3n) is 6.59. The van der Waals surface area contributed by atoms with E-state index in [2.05, 4.69) is 106 Å². The zero-order valence-electron chi connectivity index (χ0n) is 19.7. The van der Waals surface area contributed by atoms with E-state index in [0.29, 0.717) is 18.7 Å². The van der Waals surface area contributed by atoms with Crippen LogP contribution in [0, 0.1) is 0 Å². The second kappa shape index (κ2) is 9.24. The van der Waals surface area contributed by atoms with E-state index in [9.17, 15) is 4.79 Å². The molecule has 1 amide bonds. The van der Waals surface area contributed by atoms with Crippen LogP contribution in [0.15, 0.2) is 91.0 Å². The number of ether oxygens (including phenoxy) is 1. The number of nitrogens with zero attached hydrogens (tertiary/aromatic N) is 1. The van der Waals surface area contributed by atoms with E-state index in [-0.39, 0.29) is 6.09 Å². The molecule has 0 spiro atoms. The van der Waals surface area contributed by atoms with Gasteiger partial charge in [-0.25, -0.2) is 0 Å². The number of piperidine rings is 1. The molecule has 0 bridgehead atoms. The van der Waals surface area contributed by atoms with Crippen molar-refractivity contribution in [2.45, 2.75) is 44.9 Å². The second-order valence-electron chi connectivity index (χ2n) is 9.78. The summed E-state index contributed by atoms with van der Waals surface area (Å²) in [5.41, 5.74) is -0.136. The van der Waals surface area contributed by atoms with Crippen LogP contribution in [0.1, 0.15) is 33.6 Å². The van der Waals surface area contributed by atoms with Crippen molar-refractivity contribution in [2.75, 3.05) is 13.1 Å². The molecule has 3 aromatic carbocycles. The maximum absolute atomic E-state index is 12.8. The van der Waals surface area contributed by atoms with E-state index in [1.165, 1.54) is 15.9 Å². The van der Waals surface area contributed by atoms with Crippen LogP contribution in [0.2, 0.25) is 0 Å². The molecule has 1 heterocycles. The van der Waals surface area contributed by atoms with Crippen molar-refractivity contribution in [1.82, 2.24) is 4.90 Å². The first-order valence-corrected chi connectivity index (χ1v) is 15.9. The third kappa shape index (κ3) is 4.36. The molecule has 0 radical (unpaired) electrons. The molecule has 1 aliphatic heterocycles. The SMILES string of the molecule is CC(C)(C)OC(=O)N1CCC(P(Br)(c2ccccc2)(c2ccccc2)c2ccccc2)CC1. The van der Waals surface area contributed by atoms with Crippen molar-refractivity contribution in [3.63, 3.8) is 0 Å². The summed E-state index contributed by atoms with van der Waals surface area (Å²) in [5.74, 6) is 0. The van der Waals surface area contributed by atoms with Gasteiger partial charge < -0.3 is 0 Å². The van der Waals surface area contributed by atoms with Crippen LogP contribution in [0.5, 0.6) is 0 Å². The van der Waals surface area contributed by atoms with E-state index >= 15 is 0 Å². The first kappa shape index (κ1) is 24.0. The van der Waals surface area contributed by atoms with E-state index in [0.717, 1.165) is 12.8 Å². The Balaban J connectivity index is 1.83. The number of hydrogen-bond acceptors (Lipinski definition) is 2. The van der Waals surface area contributed by atoms with Crippen molar-refractivity contribution >= 4 is 42.8 Å². The van der Waals surface area contributed by atoms with Gasteiger partial charge in [-0.1, -0.05) is 0 Å². The van der Waals surface area contributed by atoms with Gasteiger partial charge in [-0.3, -0.25) is 0 Å². The number of likely N-dealkylation sites (tertiary alicyclic amines) is 1. The van der Waals surface area contributed by atoms with Crippen molar-refractivity contribution < 1.29 is 9.53 Å². The topological polar surface area (TPSA) is 29.5 Å². The molecule has 5 heteroatoms. The van der Waals surface area contributed by atoms with E-state index < -0.39 is 10.9 Å². The molecule has 174 valence electrons. The first-order chi connectivity index (χ1) is 15.7. The van der Waals surface area contributed by atoms with Crippen LogP contribution in [0.3, 0.4) is 0 Å². The summed E-state index contributed by atoms with van der Waals surface area (Å²) in [5, 5.41) is 0.968. The summed E-state index contributed by atoms with van der Waals surface area (Å²) in [6, 6.07) is 32.7. The Kier molecular flexibility index (Phi) is 6.71. The average molecular weight is 526 g/mol. The fourth-order valence-electron chi connectivity index (χ4n) is 5.10. The Labute approximate surface area is 205 Å². The first-order valence-electron chi connectivity index (χ1n) is 11.6. The Hall–Kier alpha value is -2.16. The standard InChI is InChI=1S/C28H33BrNO2P/c1-28(2,3)32-27(31)30-21-19-26(20-22-30)33(29,23-13-7-4-8-14-23,24-15-9-5-10-16-24)25-17-11-6-12-18-25/h4-18,26H,19-22H2,1-3H3. The van der Waals surface area contributed by atoms with Gasteiger partial charge in [-0.15, -0.1) is 0 Å². The number of carbonyl (C=O) groups is 1. The molecule has 0 unspecified atom stereocenters. The summed E-state index contributed by atoms with van der Waals surface area (Å²) in [6.07, 6.45) is 1.59. The van der Waals surface area contributed by atoms with Crippen LogP contribution >= 0.6 is 20.8 Å². The van der Waals surface area contributed by atoms with Crippen molar-refractivity contribution in [3.8, 4) is 0 Å². The molecule has 0 saturated carbocycles. The maximum atomic E-state index is 12.8. The molecule has 4 rings (SSSR count). The second-order valence-corrected chi connectivity index (χ2v) is 18.6. The number of halogens is 1. The van der Waals surface area contributed by atoms with Crippen LogP contribution in [0.25, 0.3) is 0 Å². The Morgan fingerprint density at radius 1 is 0.788 bits per heavy atom. The van der Waals surface area contributed by atoms with Crippen molar-refractivity contribution in [3.05, 3.63) is 91.0 Å². The van der Waals surface area contributed by atoms with E-state index in [4.69, 9.17) is 4.74 Å². The van der Waals surface area contributed by atoms with Gasteiger partial charge in [0.1, 0.15) is 0 Å². The summed E-state index contributed by atoms with van der Waals surface area (Å²) in [7, 11) is 0. The van der Waals surface area contributed by atoms with Crippen LogP contribution in [-0.2, 0) is 4.74 Å². The van der Waals surface area contributed by atoms with Gasteiger partial charge in [-0.05, 0) is 0 Å². The quantitative estimate of drug-likeness (QED) is 0.378. The van der Waals surface area contributed by atoms with Gasteiger partial charge in [0.2, 0.25) is 0 Å². The van der Waals surface area contributed by atoms with Crippen LogP contribution in [0.4, 0.5) is 4.79 Å². The number of rotatable bonds is 4. The van der Waals surface area contributed by atoms with Gasteiger partial charge in [0, 0.05) is 0 Å². The minimum absolute atomic E-state index is 0.213. The molecule has 0 atom stereocenters. The van der Waals surface area contributed by atoms with Gasteiger partial charge in [0.05, 0.1) is 0 Å². The Morgan fingerprint density at radius 2 is 1.15 bits per heavy atom. The van der Waals surface area contributed by atoms with E-state index in [1.807, 2.05) is 25.7 Å². The van der Waals surface area contributed by atoms with Crippen LogP contribution < -0.4 is 15.9 Å². The number of amides is 1. The van der Waals surface area contributed by atoms with Gasteiger partial charge in [-0.2, -0.15) is 0 Å². The molecular formula is C28H33BrNO2P. The Morgan fingerprint density at radius 3 is 1.48 bits per heavy atom. The number of hydrogen-bond donors (Lipinski definition) is 0. The normalized spacial score (nSPS) is 16.6. The molecule has 1 fully saturated rings. The molecular weight excluding hydrogens is 493 g/mol. The number of benzene rings is 3. The molecule has 3 nitrogen and oxygen atoms in total. The van der Waals surface area contributed by atoms with Gasteiger partial charge in [0.25, 0.3) is 0 Å². The molecule has 0 N–H and O–H groups in total.